The zero-order valence-electron chi connectivity index (χ0n) is 16.3. The van der Waals surface area contributed by atoms with Crippen molar-refractivity contribution in [3.63, 3.8) is 0 Å². The van der Waals surface area contributed by atoms with Gasteiger partial charge in [0.2, 0.25) is 0 Å². The molecule has 0 spiro atoms. The van der Waals surface area contributed by atoms with Crippen LogP contribution in [0.4, 0.5) is 11.4 Å². The fraction of sp³-hybridized carbons (Fsp3) is 0.350. The molecule has 1 N–H and O–H groups in total. The Morgan fingerprint density at radius 2 is 1.78 bits per heavy atom. The molecule has 7 heteroatoms. The molecule has 3 rings (SSSR count). The van der Waals surface area contributed by atoms with Crippen LogP contribution in [0.5, 0.6) is 0 Å². The Balaban J connectivity index is 1.65. The summed E-state index contributed by atoms with van der Waals surface area (Å²) < 4.78 is 3.56. The summed E-state index contributed by atoms with van der Waals surface area (Å²) in [6, 6.07) is 11.6. The number of anilines is 2. The van der Waals surface area contributed by atoms with Crippen molar-refractivity contribution in [3.05, 3.63) is 59.7 Å². The summed E-state index contributed by atoms with van der Waals surface area (Å²) in [7, 11) is 0. The van der Waals surface area contributed by atoms with Gasteiger partial charge in [0.05, 0.1) is 5.69 Å². The molecule has 0 unspecified atom stereocenters. The summed E-state index contributed by atoms with van der Waals surface area (Å²) in [5.41, 5.74) is 4.30. The quantitative estimate of drug-likeness (QED) is 0.697. The van der Waals surface area contributed by atoms with Crippen LogP contribution < -0.4 is 10.2 Å². The molecule has 0 bridgehead atoms. The normalized spacial score (nSPS) is 10.8. The Labute approximate surface area is 159 Å². The minimum Gasteiger partial charge on any atom is -0.372 e. The predicted octanol–water partition coefficient (Wildman–Crippen LogP) is 3.30. The van der Waals surface area contributed by atoms with Gasteiger partial charge in [-0.3, -0.25) is 9.48 Å². The van der Waals surface area contributed by atoms with E-state index in [1.54, 1.807) is 16.9 Å². The third-order valence-electron chi connectivity index (χ3n) is 4.51. The van der Waals surface area contributed by atoms with Crippen LogP contribution in [0, 0.1) is 13.8 Å². The number of carbonyl (C=O) groups is 1. The summed E-state index contributed by atoms with van der Waals surface area (Å²) in [5, 5.41) is 11.7. The highest BCUT2D eigenvalue weighted by Crippen LogP contribution is 2.18. The first-order valence-corrected chi connectivity index (χ1v) is 9.21. The highest BCUT2D eigenvalue weighted by atomic mass is 16.1. The molecular weight excluding hydrogens is 340 g/mol. The fourth-order valence-electron chi connectivity index (χ4n) is 3.06. The van der Waals surface area contributed by atoms with E-state index in [1.165, 1.54) is 0 Å². The Bertz CT molecular complexity index is 905. The number of carbonyl (C=O) groups excluding carboxylic acids is 1. The SMILES string of the molecule is CCN(CC)c1ccc(NC(=O)c2ccn(Cn3nc(C)cc3C)n2)cc1. The van der Waals surface area contributed by atoms with E-state index >= 15 is 0 Å². The van der Waals surface area contributed by atoms with Crippen LogP contribution in [0.25, 0.3) is 0 Å². The Morgan fingerprint density at radius 1 is 1.07 bits per heavy atom. The van der Waals surface area contributed by atoms with Crippen LogP contribution in [0.1, 0.15) is 35.7 Å². The standard InChI is InChI=1S/C20H26N6O/c1-5-24(6-2)18-9-7-17(8-10-18)21-20(27)19-11-12-25(23-19)14-26-16(4)13-15(3)22-26/h7-13H,5-6,14H2,1-4H3,(H,21,27). The van der Waals surface area contributed by atoms with E-state index in [-0.39, 0.29) is 5.91 Å². The molecule has 0 aliphatic carbocycles. The lowest BCUT2D eigenvalue weighted by Crippen LogP contribution is -2.21. The van der Waals surface area contributed by atoms with E-state index in [9.17, 15) is 4.79 Å². The van der Waals surface area contributed by atoms with Gasteiger partial charge in [-0.1, -0.05) is 0 Å². The van der Waals surface area contributed by atoms with Gasteiger partial charge in [-0.15, -0.1) is 0 Å². The van der Waals surface area contributed by atoms with Crippen LogP contribution in [-0.4, -0.2) is 38.6 Å². The van der Waals surface area contributed by atoms with Crippen molar-refractivity contribution in [1.29, 1.82) is 0 Å². The topological polar surface area (TPSA) is 68.0 Å². The van der Waals surface area contributed by atoms with Gasteiger partial charge in [0.1, 0.15) is 6.67 Å². The largest absolute Gasteiger partial charge is 0.372 e. The first-order chi connectivity index (χ1) is 13.0. The third kappa shape index (κ3) is 4.36. The average Bonchev–Trinajstić information content (AvgIpc) is 3.24. The number of benzene rings is 1. The van der Waals surface area contributed by atoms with E-state index < -0.39 is 0 Å². The minimum atomic E-state index is -0.224. The molecule has 142 valence electrons. The van der Waals surface area contributed by atoms with Gasteiger partial charge in [-0.2, -0.15) is 10.2 Å². The summed E-state index contributed by atoms with van der Waals surface area (Å²) in [5.74, 6) is -0.224. The smallest absolute Gasteiger partial charge is 0.276 e. The highest BCUT2D eigenvalue weighted by molar-refractivity contribution is 6.02. The number of rotatable bonds is 7. The van der Waals surface area contributed by atoms with E-state index in [0.717, 1.165) is 35.9 Å². The number of nitrogens with zero attached hydrogens (tertiary/aromatic N) is 5. The van der Waals surface area contributed by atoms with E-state index in [2.05, 4.69) is 34.3 Å². The molecule has 0 saturated heterocycles. The van der Waals surface area contributed by atoms with Crippen LogP contribution in [0.2, 0.25) is 0 Å². The summed E-state index contributed by atoms with van der Waals surface area (Å²) in [6.45, 7) is 10.6. The molecule has 0 atom stereocenters. The van der Waals surface area contributed by atoms with Gasteiger partial charge in [0.15, 0.2) is 5.69 Å². The van der Waals surface area contributed by atoms with Crippen LogP contribution in [0.15, 0.2) is 42.6 Å². The molecule has 1 amide bonds. The second-order valence-electron chi connectivity index (χ2n) is 6.48. The Kier molecular flexibility index (Phi) is 5.59. The molecule has 1 aromatic carbocycles. The maximum absolute atomic E-state index is 12.5. The zero-order chi connectivity index (χ0) is 19.4. The lowest BCUT2D eigenvalue weighted by Gasteiger charge is -2.21. The van der Waals surface area contributed by atoms with Crippen LogP contribution in [0.3, 0.4) is 0 Å². The van der Waals surface area contributed by atoms with Crippen LogP contribution >= 0.6 is 0 Å². The van der Waals surface area contributed by atoms with Gasteiger partial charge in [-0.05, 0) is 64.1 Å². The molecule has 2 aromatic heterocycles. The molecule has 0 fully saturated rings. The molecular formula is C20H26N6O. The first kappa shape index (κ1) is 18.7. The molecule has 0 aliphatic heterocycles. The second kappa shape index (κ2) is 8.07. The van der Waals surface area contributed by atoms with Crippen LogP contribution in [-0.2, 0) is 6.67 Å². The predicted molar refractivity (Wildman–Crippen MR) is 107 cm³/mol. The summed E-state index contributed by atoms with van der Waals surface area (Å²) in [6.07, 6.45) is 1.79. The third-order valence-corrected chi connectivity index (χ3v) is 4.51. The number of nitrogens with one attached hydrogen (secondary N) is 1. The molecule has 3 aromatic rings. The van der Waals surface area contributed by atoms with E-state index in [1.807, 2.05) is 48.9 Å². The monoisotopic (exact) mass is 366 g/mol. The molecule has 0 radical (unpaired) electrons. The molecule has 0 saturated carbocycles. The molecule has 0 aliphatic rings. The lowest BCUT2D eigenvalue weighted by molar-refractivity contribution is 0.102. The Hall–Kier alpha value is -3.09. The van der Waals surface area contributed by atoms with E-state index in [0.29, 0.717) is 12.4 Å². The van der Waals surface area contributed by atoms with Gasteiger partial charge < -0.3 is 10.2 Å². The van der Waals surface area contributed by atoms with Crippen molar-refractivity contribution in [2.24, 2.45) is 0 Å². The average molecular weight is 366 g/mol. The van der Waals surface area contributed by atoms with Crippen molar-refractivity contribution in [3.8, 4) is 0 Å². The van der Waals surface area contributed by atoms with Gasteiger partial charge in [-0.25, -0.2) is 4.68 Å². The number of aromatic nitrogens is 4. The highest BCUT2D eigenvalue weighted by Gasteiger charge is 2.11. The molecule has 2 heterocycles. The molecule has 27 heavy (non-hydrogen) atoms. The molecule has 7 nitrogen and oxygen atoms in total. The lowest BCUT2D eigenvalue weighted by atomic mass is 10.2. The van der Waals surface area contributed by atoms with Gasteiger partial charge in [0.25, 0.3) is 5.91 Å². The maximum atomic E-state index is 12.5. The van der Waals surface area contributed by atoms with E-state index in [4.69, 9.17) is 0 Å². The minimum absolute atomic E-state index is 0.224. The number of hydrogen-bond donors (Lipinski definition) is 1. The van der Waals surface area contributed by atoms with Gasteiger partial charge in [0, 0.05) is 36.4 Å². The van der Waals surface area contributed by atoms with Crippen molar-refractivity contribution < 1.29 is 4.79 Å². The van der Waals surface area contributed by atoms with Crippen molar-refractivity contribution in [2.75, 3.05) is 23.3 Å². The van der Waals surface area contributed by atoms with Crippen molar-refractivity contribution >= 4 is 17.3 Å². The zero-order valence-corrected chi connectivity index (χ0v) is 16.3. The van der Waals surface area contributed by atoms with Crippen molar-refractivity contribution in [2.45, 2.75) is 34.4 Å². The number of hydrogen-bond acceptors (Lipinski definition) is 4. The summed E-state index contributed by atoms with van der Waals surface area (Å²) in [4.78, 5) is 14.7. The Morgan fingerprint density at radius 3 is 2.37 bits per heavy atom. The summed E-state index contributed by atoms with van der Waals surface area (Å²) >= 11 is 0. The van der Waals surface area contributed by atoms with Gasteiger partial charge >= 0.3 is 0 Å². The van der Waals surface area contributed by atoms with Crippen molar-refractivity contribution in [1.82, 2.24) is 19.6 Å². The first-order valence-electron chi connectivity index (χ1n) is 9.21. The number of aryl methyl sites for hydroxylation is 2. The maximum Gasteiger partial charge on any atom is 0.276 e. The fourth-order valence-corrected chi connectivity index (χ4v) is 3.06. The number of amides is 1. The second-order valence-corrected chi connectivity index (χ2v) is 6.48.